The summed E-state index contributed by atoms with van der Waals surface area (Å²) in [5.41, 5.74) is 5.09. The van der Waals surface area contributed by atoms with Gasteiger partial charge in [-0.05, 0) is 17.7 Å². The molecule has 0 aromatic heterocycles. The van der Waals surface area contributed by atoms with E-state index in [4.69, 9.17) is 15.6 Å². The fraction of sp³-hybridized carbons (Fsp3) is 0.364. The van der Waals surface area contributed by atoms with Crippen molar-refractivity contribution in [1.82, 2.24) is 0 Å². The van der Waals surface area contributed by atoms with E-state index in [1.54, 1.807) is 0 Å². The molecule has 1 rings (SSSR count). The predicted molar refractivity (Wildman–Crippen MR) is 58.2 cm³/mol. The van der Waals surface area contributed by atoms with Gasteiger partial charge in [0.25, 0.3) is 0 Å². The first kappa shape index (κ1) is 15.1. The zero-order chi connectivity index (χ0) is 14.5. The number of halogens is 3. The third-order valence-corrected chi connectivity index (χ3v) is 2.11. The van der Waals surface area contributed by atoms with Crippen molar-refractivity contribution in [3.05, 3.63) is 29.8 Å². The Bertz CT molecular complexity index is 436. The molecule has 1 atom stereocenters. The summed E-state index contributed by atoms with van der Waals surface area (Å²) in [7, 11) is 0. The van der Waals surface area contributed by atoms with Crippen LogP contribution in [0.1, 0.15) is 18.1 Å². The Balaban J connectivity index is 2.91. The standard InChI is InChI=1S/C11H12F3NO4/c12-11(13,14)19-8-3-1-2-7(6-8)9(4-5-16)18-10(15)17/h1-3,6,9,16H,4-5H2,(H2,15,17). The van der Waals surface area contributed by atoms with E-state index in [0.717, 1.165) is 12.1 Å². The van der Waals surface area contributed by atoms with Crippen LogP contribution in [-0.2, 0) is 4.74 Å². The highest BCUT2D eigenvalue weighted by Crippen LogP contribution is 2.28. The minimum atomic E-state index is -4.81. The van der Waals surface area contributed by atoms with Gasteiger partial charge in [0.1, 0.15) is 11.9 Å². The maximum Gasteiger partial charge on any atom is 0.573 e. The summed E-state index contributed by atoms with van der Waals surface area (Å²) in [6.07, 6.45) is -6.81. The van der Waals surface area contributed by atoms with Gasteiger partial charge in [-0.25, -0.2) is 4.79 Å². The van der Waals surface area contributed by atoms with Gasteiger partial charge in [-0.1, -0.05) is 12.1 Å². The molecular weight excluding hydrogens is 267 g/mol. The summed E-state index contributed by atoms with van der Waals surface area (Å²) in [4.78, 5) is 10.7. The van der Waals surface area contributed by atoms with Gasteiger partial charge in [-0.3, -0.25) is 0 Å². The molecule has 1 aromatic carbocycles. The second-order valence-corrected chi connectivity index (χ2v) is 3.56. The molecule has 0 aliphatic carbocycles. The maximum atomic E-state index is 12.1. The summed E-state index contributed by atoms with van der Waals surface area (Å²) in [6.45, 7) is -0.317. The Morgan fingerprint density at radius 3 is 2.63 bits per heavy atom. The molecule has 0 radical (unpaired) electrons. The molecule has 0 bridgehead atoms. The van der Waals surface area contributed by atoms with Crippen LogP contribution in [0.3, 0.4) is 0 Å². The number of nitrogens with two attached hydrogens (primary N) is 1. The normalized spacial score (nSPS) is 12.8. The third-order valence-electron chi connectivity index (χ3n) is 2.11. The van der Waals surface area contributed by atoms with Crippen molar-refractivity contribution in [1.29, 1.82) is 0 Å². The highest BCUT2D eigenvalue weighted by atomic mass is 19.4. The van der Waals surface area contributed by atoms with Gasteiger partial charge in [-0.15, -0.1) is 13.2 Å². The molecular formula is C11H12F3NO4. The van der Waals surface area contributed by atoms with Gasteiger partial charge >= 0.3 is 12.5 Å². The van der Waals surface area contributed by atoms with Crippen LogP contribution in [-0.4, -0.2) is 24.2 Å². The van der Waals surface area contributed by atoms with Crippen molar-refractivity contribution in [2.45, 2.75) is 18.9 Å². The van der Waals surface area contributed by atoms with Gasteiger partial charge < -0.3 is 20.3 Å². The van der Waals surface area contributed by atoms with Crippen molar-refractivity contribution in [3.8, 4) is 5.75 Å². The van der Waals surface area contributed by atoms with Crippen LogP contribution in [0.2, 0.25) is 0 Å². The number of ether oxygens (including phenoxy) is 2. The summed E-state index contributed by atoms with van der Waals surface area (Å²) in [5, 5.41) is 8.82. The lowest BCUT2D eigenvalue weighted by Gasteiger charge is -2.17. The fourth-order valence-electron chi connectivity index (χ4n) is 1.46. The van der Waals surface area contributed by atoms with E-state index in [2.05, 4.69) is 4.74 Å². The summed E-state index contributed by atoms with van der Waals surface area (Å²) in [6, 6.07) is 4.92. The van der Waals surface area contributed by atoms with Crippen LogP contribution in [0.5, 0.6) is 5.75 Å². The minimum Gasteiger partial charge on any atom is -0.441 e. The van der Waals surface area contributed by atoms with E-state index in [1.807, 2.05) is 0 Å². The average Bonchev–Trinajstić information content (AvgIpc) is 2.26. The lowest BCUT2D eigenvalue weighted by atomic mass is 10.1. The summed E-state index contributed by atoms with van der Waals surface area (Å²) >= 11 is 0. The van der Waals surface area contributed by atoms with Crippen molar-refractivity contribution >= 4 is 6.09 Å². The third kappa shape index (κ3) is 5.47. The number of carbonyl (C=O) groups excluding carboxylic acids is 1. The Hall–Kier alpha value is -1.96. The van der Waals surface area contributed by atoms with Crippen molar-refractivity contribution in [2.75, 3.05) is 6.61 Å². The van der Waals surface area contributed by atoms with E-state index >= 15 is 0 Å². The molecule has 5 nitrogen and oxygen atoms in total. The van der Waals surface area contributed by atoms with E-state index in [-0.39, 0.29) is 18.6 Å². The highest BCUT2D eigenvalue weighted by molar-refractivity contribution is 5.65. The molecule has 0 spiro atoms. The van der Waals surface area contributed by atoms with E-state index < -0.39 is 24.3 Å². The number of rotatable bonds is 5. The number of carbonyl (C=O) groups is 1. The first-order chi connectivity index (χ1) is 8.81. The molecule has 0 fully saturated rings. The molecule has 0 saturated heterocycles. The lowest BCUT2D eigenvalue weighted by molar-refractivity contribution is -0.274. The molecule has 0 aliphatic rings. The zero-order valence-corrected chi connectivity index (χ0v) is 9.68. The van der Waals surface area contributed by atoms with E-state index in [0.29, 0.717) is 0 Å². The first-order valence-electron chi connectivity index (χ1n) is 5.24. The summed E-state index contributed by atoms with van der Waals surface area (Å²) in [5.74, 6) is -0.444. The number of hydrogen-bond acceptors (Lipinski definition) is 4. The fourth-order valence-corrected chi connectivity index (χ4v) is 1.46. The van der Waals surface area contributed by atoms with Crippen LogP contribution in [0, 0.1) is 0 Å². The average molecular weight is 279 g/mol. The number of alkyl halides is 3. The van der Waals surface area contributed by atoms with Crippen LogP contribution >= 0.6 is 0 Å². The predicted octanol–water partition coefficient (Wildman–Crippen LogP) is 2.10. The molecule has 0 saturated carbocycles. The van der Waals surface area contributed by atoms with Gasteiger partial charge in [0, 0.05) is 13.0 Å². The molecule has 1 unspecified atom stereocenters. The second kappa shape index (κ2) is 6.28. The van der Waals surface area contributed by atoms with Crippen LogP contribution in [0.25, 0.3) is 0 Å². The number of primary amides is 1. The van der Waals surface area contributed by atoms with Crippen LogP contribution in [0.4, 0.5) is 18.0 Å². The van der Waals surface area contributed by atoms with E-state index in [1.165, 1.54) is 12.1 Å². The maximum absolute atomic E-state index is 12.1. The Morgan fingerprint density at radius 1 is 1.42 bits per heavy atom. The molecule has 1 aromatic rings. The van der Waals surface area contributed by atoms with E-state index in [9.17, 15) is 18.0 Å². The Kier molecular flexibility index (Phi) is 4.99. The van der Waals surface area contributed by atoms with Crippen molar-refractivity contribution < 1.29 is 32.5 Å². The van der Waals surface area contributed by atoms with Crippen LogP contribution in [0.15, 0.2) is 24.3 Å². The number of hydrogen-bond donors (Lipinski definition) is 2. The summed E-state index contributed by atoms with van der Waals surface area (Å²) < 4.78 is 44.6. The molecule has 0 heterocycles. The molecule has 1 amide bonds. The van der Waals surface area contributed by atoms with Crippen molar-refractivity contribution in [3.63, 3.8) is 0 Å². The highest BCUT2D eigenvalue weighted by Gasteiger charge is 2.31. The number of benzene rings is 1. The van der Waals surface area contributed by atoms with Crippen LogP contribution < -0.4 is 10.5 Å². The van der Waals surface area contributed by atoms with Gasteiger partial charge in [0.15, 0.2) is 0 Å². The Labute approximate surface area is 106 Å². The second-order valence-electron chi connectivity index (χ2n) is 3.56. The molecule has 106 valence electrons. The van der Waals surface area contributed by atoms with Crippen molar-refractivity contribution in [2.24, 2.45) is 5.73 Å². The number of aliphatic hydroxyl groups is 1. The SMILES string of the molecule is NC(=O)OC(CCO)c1cccc(OC(F)(F)F)c1. The number of amides is 1. The molecule has 8 heteroatoms. The topological polar surface area (TPSA) is 81.8 Å². The molecule has 3 N–H and O–H groups in total. The van der Waals surface area contributed by atoms with Gasteiger partial charge in [0.05, 0.1) is 0 Å². The smallest absolute Gasteiger partial charge is 0.441 e. The van der Waals surface area contributed by atoms with Gasteiger partial charge in [0.2, 0.25) is 0 Å². The Morgan fingerprint density at radius 2 is 2.11 bits per heavy atom. The number of aliphatic hydroxyl groups excluding tert-OH is 1. The largest absolute Gasteiger partial charge is 0.573 e. The molecule has 0 aliphatic heterocycles. The van der Waals surface area contributed by atoms with Gasteiger partial charge in [-0.2, -0.15) is 0 Å². The monoisotopic (exact) mass is 279 g/mol. The molecule has 19 heavy (non-hydrogen) atoms. The first-order valence-corrected chi connectivity index (χ1v) is 5.24. The minimum absolute atomic E-state index is 0.0123. The zero-order valence-electron chi connectivity index (χ0n) is 9.68. The quantitative estimate of drug-likeness (QED) is 0.864. The lowest BCUT2D eigenvalue weighted by Crippen LogP contribution is -2.19.